The number of aryl methyl sites for hydroxylation is 1. The highest BCUT2D eigenvalue weighted by Crippen LogP contribution is 2.13. The second-order valence-corrected chi connectivity index (χ2v) is 4.11. The Hall–Kier alpha value is -1.02. The molecular weight excluding hydrogens is 184 g/mol. The van der Waals surface area contributed by atoms with Crippen LogP contribution in [0.4, 0.5) is 5.69 Å². The fraction of sp³-hybridized carbons (Fsp3) is 0.538. The third-order valence-electron chi connectivity index (χ3n) is 2.87. The van der Waals surface area contributed by atoms with Crippen LogP contribution in [0.25, 0.3) is 0 Å². The highest BCUT2D eigenvalue weighted by molar-refractivity contribution is 5.46. The fourth-order valence-electron chi connectivity index (χ4n) is 1.66. The highest BCUT2D eigenvalue weighted by atomic mass is 15.1. The summed E-state index contributed by atoms with van der Waals surface area (Å²) < 4.78 is 0. The smallest absolute Gasteiger partial charge is 0.0364 e. The average molecular weight is 206 g/mol. The van der Waals surface area contributed by atoms with Gasteiger partial charge in [0, 0.05) is 25.3 Å². The lowest BCUT2D eigenvalue weighted by atomic mass is 10.2. The largest absolute Gasteiger partial charge is 0.373 e. The van der Waals surface area contributed by atoms with Gasteiger partial charge in [0.1, 0.15) is 0 Å². The second-order valence-electron chi connectivity index (χ2n) is 4.11. The maximum atomic E-state index is 3.32. The van der Waals surface area contributed by atoms with E-state index < -0.39 is 0 Å². The Morgan fingerprint density at radius 3 is 2.33 bits per heavy atom. The lowest BCUT2D eigenvalue weighted by Crippen LogP contribution is -2.37. The molecule has 0 aliphatic carbocycles. The zero-order valence-electron chi connectivity index (χ0n) is 10.2. The second kappa shape index (κ2) is 5.76. The van der Waals surface area contributed by atoms with Crippen molar-refractivity contribution in [2.75, 3.05) is 25.5 Å². The highest BCUT2D eigenvalue weighted by Gasteiger charge is 2.07. The minimum Gasteiger partial charge on any atom is -0.373 e. The first-order valence-electron chi connectivity index (χ1n) is 5.62. The lowest BCUT2D eigenvalue weighted by Gasteiger charge is -2.24. The Labute approximate surface area is 93.3 Å². The third-order valence-corrected chi connectivity index (χ3v) is 2.87. The molecule has 2 heteroatoms. The van der Waals surface area contributed by atoms with E-state index in [0.717, 1.165) is 13.0 Å². The van der Waals surface area contributed by atoms with Gasteiger partial charge in [0.25, 0.3) is 0 Å². The number of likely N-dealkylation sites (N-methyl/N-ethyl adjacent to an activating group) is 2. The molecule has 0 saturated carbocycles. The molecule has 1 N–H and O–H groups in total. The van der Waals surface area contributed by atoms with E-state index in [1.165, 1.54) is 11.3 Å². The van der Waals surface area contributed by atoms with Crippen LogP contribution < -0.4 is 10.2 Å². The van der Waals surface area contributed by atoms with Crippen LogP contribution in [-0.2, 0) is 0 Å². The molecule has 1 rings (SSSR count). The van der Waals surface area contributed by atoms with E-state index in [-0.39, 0.29) is 0 Å². The molecular formula is C13H22N2. The Kier molecular flexibility index (Phi) is 4.63. The van der Waals surface area contributed by atoms with Crippen LogP contribution in [0.2, 0.25) is 0 Å². The van der Waals surface area contributed by atoms with Crippen LogP contribution in [0.3, 0.4) is 0 Å². The monoisotopic (exact) mass is 206 g/mol. The van der Waals surface area contributed by atoms with Gasteiger partial charge in [-0.25, -0.2) is 0 Å². The summed E-state index contributed by atoms with van der Waals surface area (Å²) in [4.78, 5) is 2.30. The van der Waals surface area contributed by atoms with Gasteiger partial charge in [-0.1, -0.05) is 24.6 Å². The van der Waals surface area contributed by atoms with Gasteiger partial charge < -0.3 is 10.2 Å². The van der Waals surface area contributed by atoms with Crippen molar-refractivity contribution in [1.82, 2.24) is 5.32 Å². The average Bonchev–Trinajstić information content (AvgIpc) is 2.26. The third kappa shape index (κ3) is 3.56. The summed E-state index contributed by atoms with van der Waals surface area (Å²) in [5, 5.41) is 3.32. The molecule has 0 heterocycles. The Morgan fingerprint density at radius 1 is 1.27 bits per heavy atom. The van der Waals surface area contributed by atoms with Gasteiger partial charge in [-0.2, -0.15) is 0 Å². The summed E-state index contributed by atoms with van der Waals surface area (Å²) >= 11 is 0. The predicted molar refractivity (Wildman–Crippen MR) is 67.6 cm³/mol. The summed E-state index contributed by atoms with van der Waals surface area (Å²) in [6.07, 6.45) is 1.16. The minimum absolute atomic E-state index is 0.566. The Balaban J connectivity index is 2.60. The minimum atomic E-state index is 0.566. The molecule has 0 aliphatic rings. The van der Waals surface area contributed by atoms with Crippen LogP contribution >= 0.6 is 0 Å². The van der Waals surface area contributed by atoms with E-state index >= 15 is 0 Å². The van der Waals surface area contributed by atoms with Crippen molar-refractivity contribution < 1.29 is 0 Å². The fourth-order valence-corrected chi connectivity index (χ4v) is 1.66. The van der Waals surface area contributed by atoms with Crippen molar-refractivity contribution in [2.24, 2.45) is 0 Å². The summed E-state index contributed by atoms with van der Waals surface area (Å²) in [5.74, 6) is 0. The molecule has 1 aromatic carbocycles. The van der Waals surface area contributed by atoms with Crippen molar-refractivity contribution in [1.29, 1.82) is 0 Å². The van der Waals surface area contributed by atoms with Crippen molar-refractivity contribution in [3.63, 3.8) is 0 Å². The van der Waals surface area contributed by atoms with Crippen LogP contribution in [0.1, 0.15) is 18.9 Å². The number of nitrogens with one attached hydrogen (secondary N) is 1. The molecule has 0 amide bonds. The van der Waals surface area contributed by atoms with E-state index in [1.54, 1.807) is 0 Å². The number of rotatable bonds is 5. The maximum absolute atomic E-state index is 3.32. The molecule has 84 valence electrons. The molecule has 0 aromatic heterocycles. The number of nitrogens with zero attached hydrogens (tertiary/aromatic N) is 1. The SMILES string of the molecule is CCC(CN(C)c1ccc(C)cc1)NC. The first-order valence-corrected chi connectivity index (χ1v) is 5.62. The summed E-state index contributed by atoms with van der Waals surface area (Å²) in [7, 11) is 4.17. The van der Waals surface area contributed by atoms with Gasteiger partial charge >= 0.3 is 0 Å². The van der Waals surface area contributed by atoms with Gasteiger partial charge in [-0.05, 0) is 32.5 Å². The van der Waals surface area contributed by atoms with Crippen molar-refractivity contribution >= 4 is 5.69 Å². The zero-order valence-corrected chi connectivity index (χ0v) is 10.2. The van der Waals surface area contributed by atoms with E-state index in [1.807, 2.05) is 7.05 Å². The molecule has 1 atom stereocenters. The molecule has 0 spiro atoms. The summed E-state index contributed by atoms with van der Waals surface area (Å²) in [6.45, 7) is 5.38. The Morgan fingerprint density at radius 2 is 1.87 bits per heavy atom. The number of hydrogen-bond acceptors (Lipinski definition) is 2. The predicted octanol–water partition coefficient (Wildman–Crippen LogP) is 2.43. The summed E-state index contributed by atoms with van der Waals surface area (Å²) in [5.41, 5.74) is 2.60. The zero-order chi connectivity index (χ0) is 11.3. The number of anilines is 1. The first-order chi connectivity index (χ1) is 7.17. The number of benzene rings is 1. The molecule has 0 radical (unpaired) electrons. The maximum Gasteiger partial charge on any atom is 0.0364 e. The van der Waals surface area contributed by atoms with Gasteiger partial charge in [0.2, 0.25) is 0 Å². The van der Waals surface area contributed by atoms with Crippen LogP contribution in [0, 0.1) is 6.92 Å². The topological polar surface area (TPSA) is 15.3 Å². The van der Waals surface area contributed by atoms with Crippen LogP contribution in [-0.4, -0.2) is 26.7 Å². The van der Waals surface area contributed by atoms with Gasteiger partial charge in [0.15, 0.2) is 0 Å². The van der Waals surface area contributed by atoms with Gasteiger partial charge in [-0.15, -0.1) is 0 Å². The van der Waals surface area contributed by atoms with Gasteiger partial charge in [-0.3, -0.25) is 0 Å². The van der Waals surface area contributed by atoms with Crippen molar-refractivity contribution in [3.05, 3.63) is 29.8 Å². The number of hydrogen-bond donors (Lipinski definition) is 1. The first kappa shape index (κ1) is 12.1. The van der Waals surface area contributed by atoms with E-state index in [2.05, 4.69) is 55.4 Å². The molecule has 0 fully saturated rings. The van der Waals surface area contributed by atoms with Crippen LogP contribution in [0.15, 0.2) is 24.3 Å². The van der Waals surface area contributed by atoms with Crippen LogP contribution in [0.5, 0.6) is 0 Å². The molecule has 2 nitrogen and oxygen atoms in total. The molecule has 0 saturated heterocycles. The molecule has 0 bridgehead atoms. The molecule has 1 unspecified atom stereocenters. The molecule has 0 aliphatic heterocycles. The van der Waals surface area contributed by atoms with Crippen molar-refractivity contribution in [2.45, 2.75) is 26.3 Å². The quantitative estimate of drug-likeness (QED) is 0.796. The Bertz CT molecular complexity index is 275. The normalized spacial score (nSPS) is 12.5. The van der Waals surface area contributed by atoms with E-state index in [4.69, 9.17) is 0 Å². The van der Waals surface area contributed by atoms with Crippen molar-refractivity contribution in [3.8, 4) is 0 Å². The standard InChI is InChI=1S/C13H22N2/c1-5-12(14-3)10-15(4)13-8-6-11(2)7-9-13/h6-9,12,14H,5,10H2,1-4H3. The molecule has 15 heavy (non-hydrogen) atoms. The summed E-state index contributed by atoms with van der Waals surface area (Å²) in [6, 6.07) is 9.24. The lowest BCUT2D eigenvalue weighted by molar-refractivity contribution is 0.544. The van der Waals surface area contributed by atoms with Gasteiger partial charge in [0.05, 0.1) is 0 Å². The molecule has 1 aromatic rings. The van der Waals surface area contributed by atoms with E-state index in [0.29, 0.717) is 6.04 Å². The van der Waals surface area contributed by atoms with E-state index in [9.17, 15) is 0 Å².